The number of benzene rings is 1. The van der Waals surface area contributed by atoms with Gasteiger partial charge in [-0.1, -0.05) is 45.1 Å². The Morgan fingerprint density at radius 2 is 1.95 bits per heavy atom. The number of ether oxygens (including phenoxy) is 1. The summed E-state index contributed by atoms with van der Waals surface area (Å²) in [5, 5.41) is 2.93. The Bertz CT molecular complexity index is 408. The lowest BCUT2D eigenvalue weighted by Gasteiger charge is -2.07. The van der Waals surface area contributed by atoms with Crippen LogP contribution in [0, 0.1) is 0 Å². The standard InChI is InChI=1S/C17H28N2O2/c1-2-3-4-5-6-7-12-19-17(20)11-13-21-16-10-8-9-15(18)14-16/h8-10,14H,2-7,11-13,18H2,1H3,(H,19,20). The first-order valence-corrected chi connectivity index (χ1v) is 7.97. The van der Waals surface area contributed by atoms with Gasteiger partial charge in [-0.2, -0.15) is 0 Å². The van der Waals surface area contributed by atoms with E-state index in [0.29, 0.717) is 24.5 Å². The molecule has 0 saturated heterocycles. The molecule has 4 heteroatoms. The lowest BCUT2D eigenvalue weighted by atomic mass is 10.1. The minimum atomic E-state index is 0.0486. The molecule has 0 aliphatic heterocycles. The summed E-state index contributed by atoms with van der Waals surface area (Å²) in [7, 11) is 0. The van der Waals surface area contributed by atoms with E-state index in [-0.39, 0.29) is 5.91 Å². The number of nitrogens with two attached hydrogens (primary N) is 1. The first kappa shape index (κ1) is 17.3. The molecule has 1 rings (SSSR count). The Morgan fingerprint density at radius 3 is 2.71 bits per heavy atom. The summed E-state index contributed by atoms with van der Waals surface area (Å²) in [6.07, 6.45) is 7.79. The molecular weight excluding hydrogens is 264 g/mol. The maximum Gasteiger partial charge on any atom is 0.223 e. The molecule has 0 bridgehead atoms. The Hall–Kier alpha value is -1.71. The molecule has 118 valence electrons. The van der Waals surface area contributed by atoms with Gasteiger partial charge in [-0.3, -0.25) is 4.79 Å². The maximum atomic E-state index is 11.6. The highest BCUT2D eigenvalue weighted by molar-refractivity contribution is 5.75. The topological polar surface area (TPSA) is 64.3 Å². The lowest BCUT2D eigenvalue weighted by Crippen LogP contribution is -2.25. The van der Waals surface area contributed by atoms with E-state index in [0.717, 1.165) is 13.0 Å². The summed E-state index contributed by atoms with van der Waals surface area (Å²) in [5.74, 6) is 0.756. The van der Waals surface area contributed by atoms with Crippen molar-refractivity contribution < 1.29 is 9.53 Å². The molecule has 0 heterocycles. The number of carbonyl (C=O) groups excluding carboxylic acids is 1. The summed E-state index contributed by atoms with van der Waals surface area (Å²) in [6, 6.07) is 7.24. The normalized spacial score (nSPS) is 10.3. The molecule has 1 aromatic rings. The Morgan fingerprint density at radius 1 is 1.19 bits per heavy atom. The number of rotatable bonds is 11. The van der Waals surface area contributed by atoms with Crippen LogP contribution in [-0.4, -0.2) is 19.1 Å². The van der Waals surface area contributed by atoms with Crippen LogP contribution in [0.3, 0.4) is 0 Å². The first-order chi connectivity index (χ1) is 10.2. The second kappa shape index (κ2) is 11.0. The van der Waals surface area contributed by atoms with E-state index in [4.69, 9.17) is 10.5 Å². The molecule has 4 nitrogen and oxygen atoms in total. The number of hydrogen-bond donors (Lipinski definition) is 2. The minimum absolute atomic E-state index is 0.0486. The number of carbonyl (C=O) groups is 1. The molecule has 0 aliphatic carbocycles. The molecule has 1 aromatic carbocycles. The summed E-state index contributed by atoms with van der Waals surface area (Å²) >= 11 is 0. The van der Waals surface area contributed by atoms with Crippen LogP contribution in [0.4, 0.5) is 5.69 Å². The van der Waals surface area contributed by atoms with Crippen molar-refractivity contribution in [2.45, 2.75) is 51.9 Å². The molecule has 0 saturated carbocycles. The highest BCUT2D eigenvalue weighted by atomic mass is 16.5. The van der Waals surface area contributed by atoms with E-state index in [2.05, 4.69) is 12.2 Å². The number of amides is 1. The lowest BCUT2D eigenvalue weighted by molar-refractivity contribution is -0.121. The third kappa shape index (κ3) is 8.95. The number of hydrogen-bond acceptors (Lipinski definition) is 3. The van der Waals surface area contributed by atoms with Gasteiger partial charge in [0, 0.05) is 18.3 Å². The van der Waals surface area contributed by atoms with E-state index in [9.17, 15) is 4.79 Å². The van der Waals surface area contributed by atoms with Crippen LogP contribution in [-0.2, 0) is 4.79 Å². The molecular formula is C17H28N2O2. The molecule has 21 heavy (non-hydrogen) atoms. The van der Waals surface area contributed by atoms with Gasteiger partial charge in [0.2, 0.25) is 5.91 Å². The number of nitrogens with one attached hydrogen (secondary N) is 1. The second-order valence-corrected chi connectivity index (χ2v) is 5.29. The molecule has 0 spiro atoms. The van der Waals surface area contributed by atoms with Crippen LogP contribution < -0.4 is 15.8 Å². The van der Waals surface area contributed by atoms with Crippen molar-refractivity contribution >= 4 is 11.6 Å². The Kier molecular flexibility index (Phi) is 9.09. The highest BCUT2D eigenvalue weighted by Crippen LogP contribution is 2.14. The summed E-state index contributed by atoms with van der Waals surface area (Å²) in [4.78, 5) is 11.6. The van der Waals surface area contributed by atoms with E-state index >= 15 is 0 Å². The largest absolute Gasteiger partial charge is 0.493 e. The Labute approximate surface area is 128 Å². The van der Waals surface area contributed by atoms with E-state index in [1.807, 2.05) is 12.1 Å². The maximum absolute atomic E-state index is 11.6. The quantitative estimate of drug-likeness (QED) is 0.484. The van der Waals surface area contributed by atoms with Crippen molar-refractivity contribution in [2.24, 2.45) is 0 Å². The van der Waals surface area contributed by atoms with Crippen molar-refractivity contribution in [1.29, 1.82) is 0 Å². The zero-order valence-electron chi connectivity index (χ0n) is 13.1. The average Bonchev–Trinajstić information content (AvgIpc) is 2.46. The fourth-order valence-electron chi connectivity index (χ4n) is 2.09. The molecule has 0 atom stereocenters. The molecule has 0 radical (unpaired) electrons. The van der Waals surface area contributed by atoms with Crippen LogP contribution in [0.15, 0.2) is 24.3 Å². The van der Waals surface area contributed by atoms with Crippen LogP contribution in [0.2, 0.25) is 0 Å². The van der Waals surface area contributed by atoms with Crippen molar-refractivity contribution in [3.63, 3.8) is 0 Å². The fourth-order valence-corrected chi connectivity index (χ4v) is 2.09. The van der Waals surface area contributed by atoms with Crippen LogP contribution >= 0.6 is 0 Å². The molecule has 0 fully saturated rings. The van der Waals surface area contributed by atoms with Crippen LogP contribution in [0.1, 0.15) is 51.9 Å². The predicted molar refractivity (Wildman–Crippen MR) is 87.4 cm³/mol. The van der Waals surface area contributed by atoms with E-state index in [1.165, 1.54) is 32.1 Å². The van der Waals surface area contributed by atoms with Gasteiger partial charge < -0.3 is 15.8 Å². The minimum Gasteiger partial charge on any atom is -0.493 e. The molecule has 3 N–H and O–H groups in total. The smallest absolute Gasteiger partial charge is 0.223 e. The van der Waals surface area contributed by atoms with Gasteiger partial charge in [0.15, 0.2) is 0 Å². The highest BCUT2D eigenvalue weighted by Gasteiger charge is 2.01. The molecule has 0 aromatic heterocycles. The van der Waals surface area contributed by atoms with Crippen LogP contribution in [0.25, 0.3) is 0 Å². The van der Waals surface area contributed by atoms with Crippen molar-refractivity contribution in [2.75, 3.05) is 18.9 Å². The predicted octanol–water partition coefficient (Wildman–Crippen LogP) is 3.51. The fraction of sp³-hybridized carbons (Fsp3) is 0.588. The average molecular weight is 292 g/mol. The number of unbranched alkanes of at least 4 members (excludes halogenated alkanes) is 5. The van der Waals surface area contributed by atoms with Crippen LogP contribution in [0.5, 0.6) is 5.75 Å². The van der Waals surface area contributed by atoms with Gasteiger partial charge >= 0.3 is 0 Å². The first-order valence-electron chi connectivity index (χ1n) is 7.97. The molecule has 0 unspecified atom stereocenters. The van der Waals surface area contributed by atoms with Gasteiger partial charge in [-0.15, -0.1) is 0 Å². The number of nitrogen functional groups attached to an aromatic ring is 1. The SMILES string of the molecule is CCCCCCCCNC(=O)CCOc1cccc(N)c1. The van der Waals surface area contributed by atoms with Gasteiger partial charge in [0.25, 0.3) is 0 Å². The third-order valence-electron chi connectivity index (χ3n) is 3.31. The van der Waals surface area contributed by atoms with E-state index in [1.54, 1.807) is 12.1 Å². The molecule has 0 aliphatic rings. The van der Waals surface area contributed by atoms with Gasteiger partial charge in [-0.25, -0.2) is 0 Å². The summed E-state index contributed by atoms with van der Waals surface area (Å²) in [6.45, 7) is 3.36. The van der Waals surface area contributed by atoms with Gasteiger partial charge in [0.05, 0.1) is 13.0 Å². The Balaban J connectivity index is 1.99. The second-order valence-electron chi connectivity index (χ2n) is 5.29. The monoisotopic (exact) mass is 292 g/mol. The van der Waals surface area contributed by atoms with Crippen molar-refractivity contribution in [1.82, 2.24) is 5.32 Å². The van der Waals surface area contributed by atoms with Gasteiger partial charge in [0.1, 0.15) is 5.75 Å². The van der Waals surface area contributed by atoms with Crippen molar-refractivity contribution in [3.05, 3.63) is 24.3 Å². The zero-order valence-corrected chi connectivity index (χ0v) is 13.1. The number of anilines is 1. The van der Waals surface area contributed by atoms with E-state index < -0.39 is 0 Å². The zero-order chi connectivity index (χ0) is 15.3. The third-order valence-corrected chi connectivity index (χ3v) is 3.31. The molecule has 1 amide bonds. The summed E-state index contributed by atoms with van der Waals surface area (Å²) in [5.41, 5.74) is 6.32. The van der Waals surface area contributed by atoms with Crippen molar-refractivity contribution in [3.8, 4) is 5.75 Å². The summed E-state index contributed by atoms with van der Waals surface area (Å²) < 4.78 is 5.49. The van der Waals surface area contributed by atoms with Gasteiger partial charge in [-0.05, 0) is 18.6 Å².